The van der Waals surface area contributed by atoms with E-state index in [4.69, 9.17) is 13.9 Å². The standard InChI is InChI=1S/C29H26N2O6/c1-4-7-21-8-5-6-9-26(21)35-18-24-12-13-27(36-24)29(32)30-22-15-23(31(33)34)17-25(16-22)37-28-14-19(2)10-11-20(28)3/h4-6,8-17H,1,7,18H2,2-3H3,(H,30,32). The molecular formula is C29H26N2O6. The fraction of sp³-hybridized carbons (Fsp3) is 0.138. The van der Waals surface area contributed by atoms with Gasteiger partial charge >= 0.3 is 0 Å². The molecule has 0 atom stereocenters. The minimum atomic E-state index is -0.559. The summed E-state index contributed by atoms with van der Waals surface area (Å²) in [6, 6.07) is 20.6. The van der Waals surface area contributed by atoms with Crippen molar-refractivity contribution in [2.24, 2.45) is 0 Å². The van der Waals surface area contributed by atoms with E-state index >= 15 is 0 Å². The molecule has 0 radical (unpaired) electrons. The van der Waals surface area contributed by atoms with E-state index in [-0.39, 0.29) is 29.5 Å². The summed E-state index contributed by atoms with van der Waals surface area (Å²) in [6.07, 6.45) is 2.46. The van der Waals surface area contributed by atoms with E-state index < -0.39 is 10.8 Å². The number of non-ortho nitro benzene ring substituents is 1. The van der Waals surface area contributed by atoms with Crippen molar-refractivity contribution < 1.29 is 23.6 Å². The zero-order valence-electron chi connectivity index (χ0n) is 20.5. The third-order valence-electron chi connectivity index (χ3n) is 5.52. The molecule has 1 aromatic heterocycles. The number of rotatable bonds is 10. The Balaban J connectivity index is 1.48. The quantitative estimate of drug-likeness (QED) is 0.141. The van der Waals surface area contributed by atoms with E-state index in [9.17, 15) is 14.9 Å². The fourth-order valence-corrected chi connectivity index (χ4v) is 3.65. The number of allylic oxidation sites excluding steroid dienone is 1. The molecule has 4 rings (SSSR count). The first-order chi connectivity index (χ1) is 17.8. The molecule has 0 saturated heterocycles. The van der Waals surface area contributed by atoms with E-state index in [1.54, 1.807) is 12.1 Å². The van der Waals surface area contributed by atoms with Crippen molar-refractivity contribution >= 4 is 17.3 Å². The van der Waals surface area contributed by atoms with Crippen molar-refractivity contribution in [3.63, 3.8) is 0 Å². The third kappa shape index (κ3) is 6.43. The number of amides is 1. The van der Waals surface area contributed by atoms with Gasteiger partial charge in [0, 0.05) is 12.1 Å². The first-order valence-corrected chi connectivity index (χ1v) is 11.6. The number of furan rings is 1. The minimum Gasteiger partial charge on any atom is -0.485 e. The van der Waals surface area contributed by atoms with Crippen molar-refractivity contribution in [2.75, 3.05) is 5.32 Å². The lowest BCUT2D eigenvalue weighted by molar-refractivity contribution is -0.384. The van der Waals surface area contributed by atoms with Crippen LogP contribution in [0.3, 0.4) is 0 Å². The molecule has 8 nitrogen and oxygen atoms in total. The van der Waals surface area contributed by atoms with Crippen molar-refractivity contribution in [1.29, 1.82) is 0 Å². The average Bonchev–Trinajstić information content (AvgIpc) is 3.35. The summed E-state index contributed by atoms with van der Waals surface area (Å²) in [4.78, 5) is 23.8. The van der Waals surface area contributed by atoms with Gasteiger partial charge in [-0.1, -0.05) is 36.4 Å². The second kappa shape index (κ2) is 11.3. The molecule has 1 amide bonds. The predicted octanol–water partition coefficient (Wildman–Crippen LogP) is 7.16. The van der Waals surface area contributed by atoms with Gasteiger partial charge in [0.2, 0.25) is 0 Å². The SMILES string of the molecule is C=CCc1ccccc1OCc1ccc(C(=O)Nc2cc(Oc3cc(C)ccc3C)cc([N+](=O)[O-])c2)o1. The molecule has 1 heterocycles. The fourth-order valence-electron chi connectivity index (χ4n) is 3.65. The van der Waals surface area contributed by atoms with Gasteiger partial charge in [-0.15, -0.1) is 6.58 Å². The van der Waals surface area contributed by atoms with Crippen LogP contribution in [0.2, 0.25) is 0 Å². The predicted molar refractivity (Wildman–Crippen MR) is 140 cm³/mol. The van der Waals surface area contributed by atoms with Gasteiger partial charge in [-0.2, -0.15) is 0 Å². The molecule has 0 aliphatic heterocycles. The Hall–Kier alpha value is -4.85. The highest BCUT2D eigenvalue weighted by Gasteiger charge is 2.17. The molecule has 1 N–H and O–H groups in total. The Kier molecular flexibility index (Phi) is 7.68. The van der Waals surface area contributed by atoms with Gasteiger partial charge in [-0.3, -0.25) is 14.9 Å². The zero-order valence-corrected chi connectivity index (χ0v) is 20.5. The van der Waals surface area contributed by atoms with Gasteiger partial charge in [0.15, 0.2) is 5.76 Å². The lowest BCUT2D eigenvalue weighted by atomic mass is 10.1. The molecule has 188 valence electrons. The van der Waals surface area contributed by atoms with E-state index in [0.29, 0.717) is 23.7 Å². The molecule has 37 heavy (non-hydrogen) atoms. The highest BCUT2D eigenvalue weighted by molar-refractivity contribution is 6.02. The maximum atomic E-state index is 12.8. The number of hydrogen-bond donors (Lipinski definition) is 1. The molecule has 0 fully saturated rings. The van der Waals surface area contributed by atoms with Crippen LogP contribution in [-0.4, -0.2) is 10.8 Å². The van der Waals surface area contributed by atoms with Crippen LogP contribution in [0.15, 0.2) is 89.9 Å². The number of nitro benzene ring substituents is 1. The largest absolute Gasteiger partial charge is 0.485 e. The summed E-state index contributed by atoms with van der Waals surface area (Å²) >= 11 is 0. The normalized spacial score (nSPS) is 10.5. The summed E-state index contributed by atoms with van der Waals surface area (Å²) in [5.41, 5.74) is 2.84. The molecular weight excluding hydrogens is 472 g/mol. The molecule has 0 bridgehead atoms. The maximum Gasteiger partial charge on any atom is 0.291 e. The third-order valence-corrected chi connectivity index (χ3v) is 5.52. The molecule has 0 aliphatic rings. The minimum absolute atomic E-state index is 0.0430. The van der Waals surface area contributed by atoms with Crippen molar-refractivity contribution in [3.05, 3.63) is 124 Å². The molecule has 0 aliphatic carbocycles. The number of benzene rings is 3. The lowest BCUT2D eigenvalue weighted by Gasteiger charge is -2.11. The van der Waals surface area contributed by atoms with Gasteiger partial charge in [0.25, 0.3) is 11.6 Å². The van der Waals surface area contributed by atoms with Gasteiger partial charge in [-0.05, 0) is 61.2 Å². The van der Waals surface area contributed by atoms with Crippen molar-refractivity contribution in [2.45, 2.75) is 26.9 Å². The molecule has 0 spiro atoms. The lowest BCUT2D eigenvalue weighted by Crippen LogP contribution is -2.11. The van der Waals surface area contributed by atoms with Gasteiger partial charge < -0.3 is 19.2 Å². The number of hydrogen-bond acceptors (Lipinski definition) is 6. The summed E-state index contributed by atoms with van der Waals surface area (Å²) in [5, 5.41) is 14.1. The summed E-state index contributed by atoms with van der Waals surface area (Å²) in [5.74, 6) is 1.44. The van der Waals surface area contributed by atoms with Crippen LogP contribution in [0, 0.1) is 24.0 Å². The van der Waals surface area contributed by atoms with Crippen LogP contribution in [0.1, 0.15) is 33.0 Å². The number of para-hydroxylation sites is 1. The van der Waals surface area contributed by atoms with Crippen LogP contribution in [-0.2, 0) is 13.0 Å². The Morgan fingerprint density at radius 1 is 1.05 bits per heavy atom. The first-order valence-electron chi connectivity index (χ1n) is 11.6. The Morgan fingerprint density at radius 3 is 2.65 bits per heavy atom. The molecule has 0 unspecified atom stereocenters. The van der Waals surface area contributed by atoms with Gasteiger partial charge in [0.1, 0.15) is 29.6 Å². The number of nitrogens with zero attached hydrogens (tertiary/aromatic N) is 1. The van der Waals surface area contributed by atoms with Crippen LogP contribution < -0.4 is 14.8 Å². The second-order valence-corrected chi connectivity index (χ2v) is 8.45. The van der Waals surface area contributed by atoms with Crippen LogP contribution >= 0.6 is 0 Å². The highest BCUT2D eigenvalue weighted by atomic mass is 16.6. The number of nitrogens with one attached hydrogen (secondary N) is 1. The summed E-state index contributed by atoms with van der Waals surface area (Å²) < 4.78 is 17.4. The topological polar surface area (TPSA) is 104 Å². The average molecular weight is 499 g/mol. The number of ether oxygens (including phenoxy) is 2. The molecule has 8 heteroatoms. The van der Waals surface area contributed by atoms with E-state index in [2.05, 4.69) is 11.9 Å². The molecule has 4 aromatic rings. The van der Waals surface area contributed by atoms with E-state index in [1.165, 1.54) is 24.3 Å². The Morgan fingerprint density at radius 2 is 1.86 bits per heavy atom. The molecule has 0 saturated carbocycles. The zero-order chi connectivity index (χ0) is 26.4. The smallest absolute Gasteiger partial charge is 0.291 e. The van der Waals surface area contributed by atoms with Crippen molar-refractivity contribution in [3.8, 4) is 17.2 Å². The highest BCUT2D eigenvalue weighted by Crippen LogP contribution is 2.32. The Bertz CT molecular complexity index is 1460. The Labute approximate surface area is 214 Å². The van der Waals surface area contributed by atoms with E-state index in [0.717, 1.165) is 16.7 Å². The summed E-state index contributed by atoms with van der Waals surface area (Å²) in [7, 11) is 0. The molecule has 3 aromatic carbocycles. The number of carbonyl (C=O) groups excluding carboxylic acids is 1. The van der Waals surface area contributed by atoms with Crippen LogP contribution in [0.5, 0.6) is 17.2 Å². The second-order valence-electron chi connectivity index (χ2n) is 8.45. The van der Waals surface area contributed by atoms with Crippen molar-refractivity contribution in [1.82, 2.24) is 0 Å². The van der Waals surface area contributed by atoms with Gasteiger partial charge in [-0.25, -0.2) is 0 Å². The first kappa shape index (κ1) is 25.2. The number of anilines is 1. The number of nitro groups is 1. The number of aryl methyl sites for hydroxylation is 2. The maximum absolute atomic E-state index is 12.8. The monoisotopic (exact) mass is 498 g/mol. The van der Waals surface area contributed by atoms with Gasteiger partial charge in [0.05, 0.1) is 16.7 Å². The number of carbonyl (C=O) groups is 1. The summed E-state index contributed by atoms with van der Waals surface area (Å²) in [6.45, 7) is 7.69. The van der Waals surface area contributed by atoms with Crippen LogP contribution in [0.4, 0.5) is 11.4 Å². The van der Waals surface area contributed by atoms with Crippen LogP contribution in [0.25, 0.3) is 0 Å². The van der Waals surface area contributed by atoms with E-state index in [1.807, 2.05) is 56.3 Å².